The number of nitrogens with zero attached hydrogens (tertiary/aromatic N) is 1. The molecule has 5 nitrogen and oxygen atoms in total. The molecular weight excluding hydrogens is 390 g/mol. The fourth-order valence-corrected chi connectivity index (χ4v) is 3.97. The molecule has 5 heteroatoms. The number of hydrogen-bond donors (Lipinski definition) is 0. The molecule has 0 bridgehead atoms. The van der Waals surface area contributed by atoms with Crippen LogP contribution in [0.15, 0.2) is 48.5 Å². The number of carbonyl (C=O) groups is 2. The van der Waals surface area contributed by atoms with E-state index in [1.54, 1.807) is 6.07 Å². The van der Waals surface area contributed by atoms with Gasteiger partial charge in [-0.3, -0.25) is 14.5 Å². The monoisotopic (exact) mass is 425 g/mol. The first-order valence-corrected chi connectivity index (χ1v) is 10.9. The topological polar surface area (TPSA) is 55.8 Å². The lowest BCUT2D eigenvalue weighted by atomic mass is 9.86. The summed E-state index contributed by atoms with van der Waals surface area (Å²) in [5, 5.41) is 0. The Morgan fingerprint density at radius 3 is 2.10 bits per heavy atom. The van der Waals surface area contributed by atoms with Crippen molar-refractivity contribution in [3.63, 3.8) is 0 Å². The molecule has 0 amide bonds. The Morgan fingerprint density at radius 2 is 1.55 bits per heavy atom. The summed E-state index contributed by atoms with van der Waals surface area (Å²) < 4.78 is 10.8. The largest absolute Gasteiger partial charge is 0.461 e. The summed E-state index contributed by atoms with van der Waals surface area (Å²) in [7, 11) is 0. The van der Waals surface area contributed by atoms with Crippen LogP contribution in [0.5, 0.6) is 5.75 Å². The molecule has 0 unspecified atom stereocenters. The van der Waals surface area contributed by atoms with Crippen LogP contribution in [0.4, 0.5) is 0 Å². The van der Waals surface area contributed by atoms with Gasteiger partial charge in [0.2, 0.25) is 0 Å². The van der Waals surface area contributed by atoms with E-state index in [1.165, 1.54) is 13.8 Å². The maximum Gasteiger partial charge on any atom is 0.308 e. The van der Waals surface area contributed by atoms with Gasteiger partial charge in [-0.2, -0.15) is 0 Å². The number of rotatable bonds is 10. The first-order chi connectivity index (χ1) is 14.7. The van der Waals surface area contributed by atoms with Crippen molar-refractivity contribution in [2.75, 3.05) is 6.54 Å². The Morgan fingerprint density at radius 1 is 0.903 bits per heavy atom. The summed E-state index contributed by atoms with van der Waals surface area (Å²) >= 11 is 0. The Balaban J connectivity index is 2.47. The van der Waals surface area contributed by atoms with Crippen molar-refractivity contribution >= 4 is 11.9 Å². The Labute approximate surface area is 186 Å². The van der Waals surface area contributed by atoms with E-state index < -0.39 is 0 Å². The molecule has 0 radical (unpaired) electrons. The van der Waals surface area contributed by atoms with Crippen LogP contribution in [0.3, 0.4) is 0 Å². The van der Waals surface area contributed by atoms with Gasteiger partial charge in [0.15, 0.2) is 0 Å². The quantitative estimate of drug-likeness (QED) is 0.381. The fourth-order valence-electron chi connectivity index (χ4n) is 3.97. The molecule has 0 aliphatic carbocycles. The number of ether oxygens (including phenoxy) is 2. The standard InChI is InChI=1S/C26H35NO4/c1-18(2)27(19(3)4)15-14-24(23-10-8-7-9-11-23)25-16-22(17-30-20(5)28)12-13-26(25)31-21(6)29/h7-13,16,18-19,24H,14-15,17H2,1-6H3/t24-/m1/s1. The lowest BCUT2D eigenvalue weighted by molar-refractivity contribution is -0.142. The molecule has 0 spiro atoms. The van der Waals surface area contributed by atoms with E-state index in [2.05, 4.69) is 44.7 Å². The molecule has 1 atom stereocenters. The third-order valence-corrected chi connectivity index (χ3v) is 5.35. The van der Waals surface area contributed by atoms with Crippen LogP contribution < -0.4 is 4.74 Å². The van der Waals surface area contributed by atoms with E-state index in [0.717, 1.165) is 29.7 Å². The highest BCUT2D eigenvalue weighted by molar-refractivity contribution is 5.70. The number of carbonyl (C=O) groups excluding carboxylic acids is 2. The molecule has 2 aromatic rings. The molecule has 0 N–H and O–H groups in total. The van der Waals surface area contributed by atoms with Crippen molar-refractivity contribution < 1.29 is 19.1 Å². The van der Waals surface area contributed by atoms with E-state index in [9.17, 15) is 9.59 Å². The highest BCUT2D eigenvalue weighted by atomic mass is 16.5. The third kappa shape index (κ3) is 7.51. The van der Waals surface area contributed by atoms with Gasteiger partial charge in [0, 0.05) is 37.4 Å². The summed E-state index contributed by atoms with van der Waals surface area (Å²) in [5.41, 5.74) is 2.96. The van der Waals surface area contributed by atoms with Gasteiger partial charge in [0.05, 0.1) is 0 Å². The fraction of sp³-hybridized carbons (Fsp3) is 0.462. The second-order valence-corrected chi connectivity index (χ2v) is 8.42. The van der Waals surface area contributed by atoms with Crippen LogP contribution in [-0.2, 0) is 20.9 Å². The molecule has 0 fully saturated rings. The lowest BCUT2D eigenvalue weighted by Crippen LogP contribution is -2.38. The van der Waals surface area contributed by atoms with Crippen molar-refractivity contribution in [1.29, 1.82) is 0 Å². The summed E-state index contributed by atoms with van der Waals surface area (Å²) in [6.07, 6.45) is 0.867. The first kappa shape index (κ1) is 24.6. The second kappa shape index (κ2) is 11.7. The van der Waals surface area contributed by atoms with Gasteiger partial charge < -0.3 is 9.47 Å². The second-order valence-electron chi connectivity index (χ2n) is 8.42. The van der Waals surface area contributed by atoms with E-state index in [0.29, 0.717) is 17.8 Å². The van der Waals surface area contributed by atoms with Gasteiger partial charge in [0.25, 0.3) is 0 Å². The number of benzene rings is 2. The summed E-state index contributed by atoms with van der Waals surface area (Å²) in [6.45, 7) is 12.7. The van der Waals surface area contributed by atoms with Gasteiger partial charge in [-0.1, -0.05) is 36.4 Å². The van der Waals surface area contributed by atoms with Crippen molar-refractivity contribution in [3.8, 4) is 5.75 Å². The smallest absolute Gasteiger partial charge is 0.308 e. The summed E-state index contributed by atoms with van der Waals surface area (Å²) in [6, 6.07) is 16.8. The summed E-state index contributed by atoms with van der Waals surface area (Å²) in [4.78, 5) is 25.5. The maximum absolute atomic E-state index is 11.8. The normalized spacial score (nSPS) is 12.3. The molecule has 2 rings (SSSR count). The molecule has 0 aromatic heterocycles. The van der Waals surface area contributed by atoms with Crippen LogP contribution in [0.25, 0.3) is 0 Å². The van der Waals surface area contributed by atoms with Crippen LogP contribution in [-0.4, -0.2) is 35.5 Å². The zero-order chi connectivity index (χ0) is 23.0. The highest BCUT2D eigenvalue weighted by Crippen LogP contribution is 2.36. The highest BCUT2D eigenvalue weighted by Gasteiger charge is 2.23. The predicted molar refractivity (Wildman–Crippen MR) is 123 cm³/mol. The van der Waals surface area contributed by atoms with E-state index in [4.69, 9.17) is 9.47 Å². The molecule has 0 heterocycles. The van der Waals surface area contributed by atoms with Crippen molar-refractivity contribution in [3.05, 3.63) is 65.2 Å². The lowest BCUT2D eigenvalue weighted by Gasteiger charge is -2.32. The average molecular weight is 426 g/mol. The number of hydrogen-bond acceptors (Lipinski definition) is 5. The van der Waals surface area contributed by atoms with Gasteiger partial charge in [-0.25, -0.2) is 0 Å². The van der Waals surface area contributed by atoms with Crippen LogP contribution >= 0.6 is 0 Å². The molecule has 0 aliphatic heterocycles. The van der Waals surface area contributed by atoms with Crippen molar-refractivity contribution in [1.82, 2.24) is 4.90 Å². The van der Waals surface area contributed by atoms with Crippen molar-refractivity contribution in [2.24, 2.45) is 0 Å². The van der Waals surface area contributed by atoms with Gasteiger partial charge in [0.1, 0.15) is 12.4 Å². The Bertz CT molecular complexity index is 853. The van der Waals surface area contributed by atoms with E-state index in [1.807, 2.05) is 30.3 Å². The predicted octanol–water partition coefficient (Wildman–Crippen LogP) is 5.32. The third-order valence-electron chi connectivity index (χ3n) is 5.35. The minimum atomic E-state index is -0.355. The van der Waals surface area contributed by atoms with E-state index >= 15 is 0 Å². The molecule has 0 aliphatic rings. The minimum Gasteiger partial charge on any atom is -0.461 e. The first-order valence-electron chi connectivity index (χ1n) is 10.9. The SMILES string of the molecule is CC(=O)OCc1ccc(OC(C)=O)c([C@H](CCN(C(C)C)C(C)C)c2ccccc2)c1. The van der Waals surface area contributed by atoms with Crippen molar-refractivity contribution in [2.45, 2.75) is 72.6 Å². The van der Waals surface area contributed by atoms with Gasteiger partial charge >= 0.3 is 11.9 Å². The average Bonchev–Trinajstić information content (AvgIpc) is 2.70. The number of esters is 2. The molecule has 2 aromatic carbocycles. The Hall–Kier alpha value is -2.66. The van der Waals surface area contributed by atoms with Crippen LogP contribution in [0.1, 0.15) is 70.6 Å². The minimum absolute atomic E-state index is 0.0350. The van der Waals surface area contributed by atoms with Crippen LogP contribution in [0.2, 0.25) is 0 Å². The molecular formula is C26H35NO4. The zero-order valence-electron chi connectivity index (χ0n) is 19.6. The van der Waals surface area contributed by atoms with Gasteiger partial charge in [-0.05, 0) is 63.9 Å². The van der Waals surface area contributed by atoms with Gasteiger partial charge in [-0.15, -0.1) is 0 Å². The van der Waals surface area contributed by atoms with Crippen LogP contribution in [0, 0.1) is 0 Å². The molecule has 31 heavy (non-hydrogen) atoms. The van der Waals surface area contributed by atoms with E-state index in [-0.39, 0.29) is 24.5 Å². The maximum atomic E-state index is 11.8. The molecule has 168 valence electrons. The Kier molecular flexibility index (Phi) is 9.25. The molecule has 0 saturated heterocycles. The molecule has 0 saturated carbocycles. The zero-order valence-corrected chi connectivity index (χ0v) is 19.6. The summed E-state index contributed by atoms with van der Waals surface area (Å²) in [5.74, 6) is -0.0945.